The van der Waals surface area contributed by atoms with Gasteiger partial charge in [0.2, 0.25) is 0 Å². The Bertz CT molecular complexity index is 433. The fraction of sp³-hybridized carbons (Fsp3) is 0.714. The lowest BCUT2D eigenvalue weighted by molar-refractivity contribution is 0.655. The molecule has 1 aromatic heterocycles. The smallest absolute Gasteiger partial charge is 0.191 e. The first-order chi connectivity index (χ1) is 9.22. The largest absolute Gasteiger partial charge is 0.357 e. The first kappa shape index (κ1) is 17.7. The van der Waals surface area contributed by atoms with E-state index >= 15 is 0 Å². The molecule has 0 amide bonds. The topological polar surface area (TPSA) is 49.3 Å². The number of thiazole rings is 1. The van der Waals surface area contributed by atoms with Gasteiger partial charge in [-0.1, -0.05) is 13.3 Å². The molecule has 6 heteroatoms. The molecule has 2 unspecified atom stereocenters. The summed E-state index contributed by atoms with van der Waals surface area (Å²) < 4.78 is 0. The van der Waals surface area contributed by atoms with Crippen molar-refractivity contribution >= 4 is 41.3 Å². The van der Waals surface area contributed by atoms with Gasteiger partial charge >= 0.3 is 0 Å². The molecule has 1 saturated carbocycles. The molecule has 1 aliphatic carbocycles. The predicted octanol–water partition coefficient (Wildman–Crippen LogP) is 3.31. The molecule has 0 aromatic carbocycles. The van der Waals surface area contributed by atoms with Crippen LogP contribution in [0.2, 0.25) is 0 Å². The minimum atomic E-state index is 0. The minimum absolute atomic E-state index is 0. The van der Waals surface area contributed by atoms with E-state index in [1.165, 1.54) is 24.1 Å². The Morgan fingerprint density at radius 3 is 2.90 bits per heavy atom. The van der Waals surface area contributed by atoms with Crippen LogP contribution in [-0.2, 0) is 6.54 Å². The van der Waals surface area contributed by atoms with E-state index < -0.39 is 0 Å². The average molecular weight is 408 g/mol. The fourth-order valence-electron chi connectivity index (χ4n) is 2.23. The Balaban J connectivity index is 0.00000200. The van der Waals surface area contributed by atoms with E-state index in [1.807, 2.05) is 6.20 Å². The van der Waals surface area contributed by atoms with Gasteiger partial charge in [0, 0.05) is 23.7 Å². The molecule has 1 fully saturated rings. The van der Waals surface area contributed by atoms with E-state index in [9.17, 15) is 0 Å². The highest BCUT2D eigenvalue weighted by molar-refractivity contribution is 14.0. The highest BCUT2D eigenvalue weighted by atomic mass is 127. The van der Waals surface area contributed by atoms with Gasteiger partial charge < -0.3 is 10.6 Å². The standard InChI is InChI=1S/C14H24N4S.HI/c1-4-6-11-7-12(11)18-14(15-5-2)17-9-13-16-8-10(3)19-13;/h8,11-12H,4-7,9H2,1-3H3,(H2,15,17,18);1H. The third kappa shape index (κ3) is 5.55. The lowest BCUT2D eigenvalue weighted by Crippen LogP contribution is -2.39. The molecule has 20 heavy (non-hydrogen) atoms. The van der Waals surface area contributed by atoms with Gasteiger partial charge in [0.25, 0.3) is 0 Å². The zero-order chi connectivity index (χ0) is 13.7. The summed E-state index contributed by atoms with van der Waals surface area (Å²) in [6.07, 6.45) is 5.79. The molecule has 0 saturated heterocycles. The van der Waals surface area contributed by atoms with Gasteiger partial charge in [-0.2, -0.15) is 0 Å². The van der Waals surface area contributed by atoms with E-state index in [0.717, 1.165) is 23.4 Å². The Morgan fingerprint density at radius 2 is 2.30 bits per heavy atom. The second kappa shape index (κ2) is 8.81. The van der Waals surface area contributed by atoms with Crippen molar-refractivity contribution in [1.82, 2.24) is 15.6 Å². The monoisotopic (exact) mass is 408 g/mol. The van der Waals surface area contributed by atoms with E-state index in [1.54, 1.807) is 11.3 Å². The van der Waals surface area contributed by atoms with Gasteiger partial charge in [-0.3, -0.25) is 0 Å². The SMILES string of the molecule is CCCC1CC1NC(=NCc1ncc(C)s1)NCC.I. The second-order valence-electron chi connectivity index (χ2n) is 5.10. The van der Waals surface area contributed by atoms with Gasteiger partial charge in [0.1, 0.15) is 5.01 Å². The number of aromatic nitrogens is 1. The lowest BCUT2D eigenvalue weighted by atomic mass is 10.2. The summed E-state index contributed by atoms with van der Waals surface area (Å²) in [6, 6.07) is 0.621. The maximum atomic E-state index is 4.61. The van der Waals surface area contributed by atoms with Crippen LogP contribution >= 0.6 is 35.3 Å². The summed E-state index contributed by atoms with van der Waals surface area (Å²) >= 11 is 1.72. The second-order valence-corrected chi connectivity index (χ2v) is 6.41. The molecule has 0 radical (unpaired) electrons. The molecule has 1 aliphatic rings. The Labute approximate surface area is 142 Å². The molecule has 0 bridgehead atoms. The maximum Gasteiger partial charge on any atom is 0.191 e. The van der Waals surface area contributed by atoms with Crippen molar-refractivity contribution in [3.63, 3.8) is 0 Å². The Morgan fingerprint density at radius 1 is 1.50 bits per heavy atom. The number of hydrogen-bond acceptors (Lipinski definition) is 3. The summed E-state index contributed by atoms with van der Waals surface area (Å²) in [6.45, 7) is 7.99. The lowest BCUT2D eigenvalue weighted by Gasteiger charge is -2.10. The highest BCUT2D eigenvalue weighted by Gasteiger charge is 2.36. The van der Waals surface area contributed by atoms with Gasteiger partial charge in [-0.15, -0.1) is 35.3 Å². The van der Waals surface area contributed by atoms with Crippen LogP contribution in [0.1, 0.15) is 43.0 Å². The van der Waals surface area contributed by atoms with Gasteiger partial charge in [0.15, 0.2) is 5.96 Å². The first-order valence-electron chi connectivity index (χ1n) is 7.19. The maximum absolute atomic E-state index is 4.61. The summed E-state index contributed by atoms with van der Waals surface area (Å²) in [5.74, 6) is 1.77. The molecule has 0 aliphatic heterocycles. The van der Waals surface area contributed by atoms with Crippen molar-refractivity contribution in [1.29, 1.82) is 0 Å². The van der Waals surface area contributed by atoms with Crippen molar-refractivity contribution in [3.8, 4) is 0 Å². The minimum Gasteiger partial charge on any atom is -0.357 e. The van der Waals surface area contributed by atoms with E-state index in [0.29, 0.717) is 12.6 Å². The zero-order valence-corrected chi connectivity index (χ0v) is 15.6. The summed E-state index contributed by atoms with van der Waals surface area (Å²) in [5, 5.41) is 7.91. The number of aliphatic imine (C=N–C) groups is 1. The number of rotatable bonds is 6. The number of nitrogens with zero attached hydrogens (tertiary/aromatic N) is 2. The van der Waals surface area contributed by atoms with Crippen LogP contribution in [0.4, 0.5) is 0 Å². The Hall–Kier alpha value is -0.370. The molecule has 1 heterocycles. The summed E-state index contributed by atoms with van der Waals surface area (Å²) in [7, 11) is 0. The van der Waals surface area contributed by atoms with Crippen LogP contribution in [0.25, 0.3) is 0 Å². The third-order valence-electron chi connectivity index (χ3n) is 3.29. The normalized spacial score (nSPS) is 21.2. The van der Waals surface area contributed by atoms with Crippen LogP contribution in [0, 0.1) is 12.8 Å². The predicted molar refractivity (Wildman–Crippen MR) is 97.0 cm³/mol. The molecule has 2 rings (SSSR count). The quantitative estimate of drug-likeness (QED) is 0.432. The van der Waals surface area contributed by atoms with Crippen molar-refractivity contribution in [2.24, 2.45) is 10.9 Å². The van der Waals surface area contributed by atoms with Gasteiger partial charge in [-0.25, -0.2) is 9.98 Å². The number of guanidine groups is 1. The zero-order valence-electron chi connectivity index (χ0n) is 12.5. The van der Waals surface area contributed by atoms with Crippen LogP contribution in [0.3, 0.4) is 0 Å². The number of nitrogens with one attached hydrogen (secondary N) is 2. The molecule has 4 nitrogen and oxygen atoms in total. The van der Waals surface area contributed by atoms with Crippen LogP contribution in [-0.4, -0.2) is 23.5 Å². The average Bonchev–Trinajstić information content (AvgIpc) is 2.96. The molecule has 0 spiro atoms. The molecule has 114 valence electrons. The summed E-state index contributed by atoms with van der Waals surface area (Å²) in [4.78, 5) is 10.2. The van der Waals surface area contributed by atoms with Gasteiger partial charge in [0.05, 0.1) is 6.54 Å². The highest BCUT2D eigenvalue weighted by Crippen LogP contribution is 2.34. The van der Waals surface area contributed by atoms with E-state index in [2.05, 4.69) is 41.4 Å². The van der Waals surface area contributed by atoms with Crippen LogP contribution in [0.5, 0.6) is 0 Å². The Kier molecular flexibility index (Phi) is 7.79. The molecule has 1 aromatic rings. The molecular weight excluding hydrogens is 383 g/mol. The molecular formula is C14H25IN4S. The fourth-order valence-corrected chi connectivity index (χ4v) is 2.94. The molecule has 2 atom stereocenters. The van der Waals surface area contributed by atoms with E-state index in [4.69, 9.17) is 0 Å². The van der Waals surface area contributed by atoms with E-state index in [-0.39, 0.29) is 24.0 Å². The first-order valence-corrected chi connectivity index (χ1v) is 8.00. The van der Waals surface area contributed by atoms with Crippen LogP contribution < -0.4 is 10.6 Å². The van der Waals surface area contributed by atoms with Gasteiger partial charge in [-0.05, 0) is 32.6 Å². The van der Waals surface area contributed by atoms with Crippen molar-refractivity contribution in [2.45, 2.75) is 52.6 Å². The van der Waals surface area contributed by atoms with Crippen LogP contribution in [0.15, 0.2) is 11.2 Å². The number of hydrogen-bond donors (Lipinski definition) is 2. The van der Waals surface area contributed by atoms with Crippen molar-refractivity contribution in [2.75, 3.05) is 6.54 Å². The summed E-state index contributed by atoms with van der Waals surface area (Å²) in [5.41, 5.74) is 0. The van der Waals surface area contributed by atoms with Crippen molar-refractivity contribution in [3.05, 3.63) is 16.1 Å². The molecule has 2 N–H and O–H groups in total. The number of halogens is 1. The van der Waals surface area contributed by atoms with Crippen molar-refractivity contribution < 1.29 is 0 Å². The third-order valence-corrected chi connectivity index (χ3v) is 4.19. The number of aryl methyl sites for hydroxylation is 1.